The van der Waals surface area contributed by atoms with E-state index in [1.807, 2.05) is 7.05 Å². The Labute approximate surface area is 93.8 Å². The fraction of sp³-hybridized carbons (Fsp3) is 0.923. The lowest BCUT2D eigenvalue weighted by Crippen LogP contribution is -2.34. The average molecular weight is 211 g/mol. The van der Waals surface area contributed by atoms with Gasteiger partial charge in [-0.3, -0.25) is 4.79 Å². The molecule has 0 bridgehead atoms. The summed E-state index contributed by atoms with van der Waals surface area (Å²) in [5.41, 5.74) is 0. The summed E-state index contributed by atoms with van der Waals surface area (Å²) in [6, 6.07) is 0. The van der Waals surface area contributed by atoms with E-state index in [9.17, 15) is 4.79 Å². The molecule has 15 heavy (non-hydrogen) atoms. The molecule has 3 unspecified atom stereocenters. The normalized spacial score (nSPS) is 28.7. The Hall–Kier alpha value is -0.370. The van der Waals surface area contributed by atoms with E-state index in [4.69, 9.17) is 0 Å². The van der Waals surface area contributed by atoms with Crippen molar-refractivity contribution in [2.75, 3.05) is 13.6 Å². The number of hydrogen-bond donors (Lipinski definition) is 1. The zero-order valence-electron chi connectivity index (χ0n) is 10.4. The average Bonchev–Trinajstić information content (AvgIpc) is 2.28. The summed E-state index contributed by atoms with van der Waals surface area (Å²) >= 11 is 0. The number of carbonyl (C=O) groups is 1. The van der Waals surface area contributed by atoms with Crippen LogP contribution >= 0.6 is 0 Å². The molecule has 3 atom stereocenters. The Morgan fingerprint density at radius 3 is 2.67 bits per heavy atom. The van der Waals surface area contributed by atoms with Gasteiger partial charge in [0.2, 0.25) is 0 Å². The second-order valence-electron chi connectivity index (χ2n) is 4.92. The standard InChI is InChI=1S/C13H25NO/c1-4-11-7-5-6-8-12(11)13(15)10(2)9-14-3/h10-12,14H,4-9H2,1-3H3. The lowest BCUT2D eigenvalue weighted by Gasteiger charge is -2.31. The Balaban J connectivity index is 2.55. The van der Waals surface area contributed by atoms with Crippen LogP contribution < -0.4 is 5.32 Å². The summed E-state index contributed by atoms with van der Waals surface area (Å²) in [4.78, 5) is 12.2. The van der Waals surface area contributed by atoms with Crippen molar-refractivity contribution in [2.45, 2.75) is 46.0 Å². The second-order valence-corrected chi connectivity index (χ2v) is 4.92. The molecule has 1 N–H and O–H groups in total. The van der Waals surface area contributed by atoms with Gasteiger partial charge >= 0.3 is 0 Å². The zero-order chi connectivity index (χ0) is 11.3. The number of hydrogen-bond acceptors (Lipinski definition) is 2. The van der Waals surface area contributed by atoms with Crippen molar-refractivity contribution < 1.29 is 4.79 Å². The molecule has 0 aliphatic heterocycles. The van der Waals surface area contributed by atoms with Crippen molar-refractivity contribution in [3.63, 3.8) is 0 Å². The van der Waals surface area contributed by atoms with E-state index in [0.717, 1.165) is 13.0 Å². The molecule has 1 fully saturated rings. The van der Waals surface area contributed by atoms with E-state index < -0.39 is 0 Å². The van der Waals surface area contributed by atoms with Gasteiger partial charge in [0, 0.05) is 18.4 Å². The molecular formula is C13H25NO. The fourth-order valence-corrected chi connectivity index (χ4v) is 2.84. The first-order valence-electron chi connectivity index (χ1n) is 6.39. The van der Waals surface area contributed by atoms with Crippen LogP contribution in [0.5, 0.6) is 0 Å². The van der Waals surface area contributed by atoms with Gasteiger partial charge in [0.25, 0.3) is 0 Å². The van der Waals surface area contributed by atoms with Crippen LogP contribution in [0.4, 0.5) is 0 Å². The first-order chi connectivity index (χ1) is 7.20. The predicted octanol–water partition coefficient (Wildman–Crippen LogP) is 2.63. The fourth-order valence-electron chi connectivity index (χ4n) is 2.84. The Kier molecular flexibility index (Phi) is 5.30. The van der Waals surface area contributed by atoms with Gasteiger partial charge in [-0.15, -0.1) is 0 Å². The highest BCUT2D eigenvalue weighted by atomic mass is 16.1. The molecule has 1 aliphatic rings. The van der Waals surface area contributed by atoms with Crippen molar-refractivity contribution in [1.29, 1.82) is 0 Å². The highest BCUT2D eigenvalue weighted by molar-refractivity contribution is 5.83. The SMILES string of the molecule is CCC1CCCCC1C(=O)C(C)CNC. The van der Waals surface area contributed by atoms with Gasteiger partial charge < -0.3 is 5.32 Å². The van der Waals surface area contributed by atoms with Crippen molar-refractivity contribution in [1.82, 2.24) is 5.32 Å². The van der Waals surface area contributed by atoms with Crippen LogP contribution in [0.25, 0.3) is 0 Å². The van der Waals surface area contributed by atoms with Crippen LogP contribution in [0.2, 0.25) is 0 Å². The summed E-state index contributed by atoms with van der Waals surface area (Å²) in [6.45, 7) is 5.10. The van der Waals surface area contributed by atoms with Gasteiger partial charge in [-0.1, -0.05) is 33.1 Å². The third-order valence-electron chi connectivity index (χ3n) is 3.79. The Morgan fingerprint density at radius 2 is 2.07 bits per heavy atom. The van der Waals surface area contributed by atoms with Crippen LogP contribution in [0.3, 0.4) is 0 Å². The van der Waals surface area contributed by atoms with Gasteiger partial charge in [0.05, 0.1) is 0 Å². The summed E-state index contributed by atoms with van der Waals surface area (Å²) in [7, 11) is 1.92. The van der Waals surface area contributed by atoms with Crippen LogP contribution in [0.1, 0.15) is 46.0 Å². The van der Waals surface area contributed by atoms with Crippen LogP contribution in [-0.4, -0.2) is 19.4 Å². The topological polar surface area (TPSA) is 29.1 Å². The third-order valence-corrected chi connectivity index (χ3v) is 3.79. The molecule has 0 heterocycles. The van der Waals surface area contributed by atoms with Gasteiger partial charge in [0.15, 0.2) is 0 Å². The molecular weight excluding hydrogens is 186 g/mol. The van der Waals surface area contributed by atoms with E-state index in [2.05, 4.69) is 19.2 Å². The molecule has 0 radical (unpaired) electrons. The van der Waals surface area contributed by atoms with Crippen molar-refractivity contribution >= 4 is 5.78 Å². The minimum atomic E-state index is 0.187. The summed E-state index contributed by atoms with van der Waals surface area (Å²) in [5, 5.41) is 3.10. The van der Waals surface area contributed by atoms with Crippen molar-refractivity contribution in [3.05, 3.63) is 0 Å². The van der Waals surface area contributed by atoms with Crippen molar-refractivity contribution in [2.24, 2.45) is 17.8 Å². The van der Waals surface area contributed by atoms with Gasteiger partial charge in [-0.2, -0.15) is 0 Å². The lowest BCUT2D eigenvalue weighted by molar-refractivity contribution is -0.129. The van der Waals surface area contributed by atoms with Crippen LogP contribution in [0.15, 0.2) is 0 Å². The largest absolute Gasteiger partial charge is 0.319 e. The molecule has 0 amide bonds. The molecule has 2 heteroatoms. The number of carbonyl (C=O) groups excluding carboxylic acids is 1. The predicted molar refractivity (Wildman–Crippen MR) is 63.8 cm³/mol. The molecule has 0 aromatic rings. The molecule has 1 saturated carbocycles. The molecule has 88 valence electrons. The Bertz CT molecular complexity index is 203. The lowest BCUT2D eigenvalue weighted by atomic mass is 9.73. The number of ketones is 1. The third kappa shape index (κ3) is 3.30. The first kappa shape index (κ1) is 12.7. The number of nitrogens with one attached hydrogen (secondary N) is 1. The molecule has 0 saturated heterocycles. The molecule has 0 aromatic heterocycles. The van der Waals surface area contributed by atoms with Crippen LogP contribution in [-0.2, 0) is 4.79 Å². The zero-order valence-corrected chi connectivity index (χ0v) is 10.4. The highest BCUT2D eigenvalue weighted by Crippen LogP contribution is 2.34. The smallest absolute Gasteiger partial charge is 0.140 e. The number of Topliss-reactive ketones (excluding diaryl/α,β-unsaturated/α-hetero) is 1. The maximum Gasteiger partial charge on any atom is 0.140 e. The molecule has 1 rings (SSSR count). The van der Waals surface area contributed by atoms with Gasteiger partial charge in [0.1, 0.15) is 5.78 Å². The quantitative estimate of drug-likeness (QED) is 0.757. The first-order valence-corrected chi connectivity index (χ1v) is 6.39. The maximum absolute atomic E-state index is 12.2. The van der Waals surface area contributed by atoms with Crippen molar-refractivity contribution in [3.8, 4) is 0 Å². The highest BCUT2D eigenvalue weighted by Gasteiger charge is 2.31. The van der Waals surface area contributed by atoms with Gasteiger partial charge in [-0.25, -0.2) is 0 Å². The van der Waals surface area contributed by atoms with Gasteiger partial charge in [-0.05, 0) is 25.8 Å². The summed E-state index contributed by atoms with van der Waals surface area (Å²) < 4.78 is 0. The minimum absolute atomic E-state index is 0.187. The summed E-state index contributed by atoms with van der Waals surface area (Å²) in [5.74, 6) is 1.70. The second kappa shape index (κ2) is 6.26. The monoisotopic (exact) mass is 211 g/mol. The minimum Gasteiger partial charge on any atom is -0.319 e. The van der Waals surface area contributed by atoms with E-state index >= 15 is 0 Å². The Morgan fingerprint density at radius 1 is 1.40 bits per heavy atom. The van der Waals surface area contributed by atoms with E-state index in [1.165, 1.54) is 25.7 Å². The van der Waals surface area contributed by atoms with E-state index in [1.54, 1.807) is 0 Å². The molecule has 2 nitrogen and oxygen atoms in total. The van der Waals surface area contributed by atoms with Crippen LogP contribution in [0, 0.1) is 17.8 Å². The van der Waals surface area contributed by atoms with E-state index in [-0.39, 0.29) is 5.92 Å². The number of rotatable bonds is 5. The molecule has 0 spiro atoms. The van der Waals surface area contributed by atoms with E-state index in [0.29, 0.717) is 17.6 Å². The summed E-state index contributed by atoms with van der Waals surface area (Å²) in [6.07, 6.45) is 6.13. The maximum atomic E-state index is 12.2. The molecule has 0 aromatic carbocycles. The molecule has 1 aliphatic carbocycles.